The Kier molecular flexibility index (Phi) is 4.68. The van der Waals surface area contributed by atoms with Crippen molar-refractivity contribution in [3.05, 3.63) is 83.0 Å². The smallest absolute Gasteiger partial charge is 0.144 e. The first-order valence-corrected chi connectivity index (χ1v) is 8.92. The molecule has 140 valence electrons. The summed E-state index contributed by atoms with van der Waals surface area (Å²) in [5.41, 5.74) is 3.64. The van der Waals surface area contributed by atoms with E-state index in [-0.39, 0.29) is 5.02 Å². The maximum Gasteiger partial charge on any atom is 0.144 e. The summed E-state index contributed by atoms with van der Waals surface area (Å²) in [6, 6.07) is 13.9. The number of fused-ring (bicyclic) bond motifs is 1. The fourth-order valence-corrected chi connectivity index (χ4v) is 3.40. The zero-order valence-electron chi connectivity index (χ0n) is 14.9. The quantitative estimate of drug-likeness (QED) is 0.633. The Morgan fingerprint density at radius 3 is 2.71 bits per heavy atom. The Labute approximate surface area is 166 Å². The van der Waals surface area contributed by atoms with Crippen LogP contribution in [0.15, 0.2) is 66.6 Å². The molecular weight excluding hydrogens is 379 g/mol. The third-order valence-corrected chi connectivity index (χ3v) is 4.89. The number of halogens is 2. The molecule has 2 aromatic carbocycles. The van der Waals surface area contributed by atoms with Gasteiger partial charge in [0.25, 0.3) is 0 Å². The summed E-state index contributed by atoms with van der Waals surface area (Å²) in [4.78, 5) is 0. The van der Waals surface area contributed by atoms with Crippen molar-refractivity contribution in [3.63, 3.8) is 0 Å². The van der Waals surface area contributed by atoms with Gasteiger partial charge in [0.15, 0.2) is 0 Å². The first-order chi connectivity index (χ1) is 13.6. The molecule has 5 nitrogen and oxygen atoms in total. The van der Waals surface area contributed by atoms with Crippen LogP contribution < -0.4 is 15.4 Å². The zero-order chi connectivity index (χ0) is 19.7. The summed E-state index contributed by atoms with van der Waals surface area (Å²) in [6.45, 7) is 0. The lowest BCUT2D eigenvalue weighted by Crippen LogP contribution is -2.19. The van der Waals surface area contributed by atoms with Crippen LogP contribution in [-0.4, -0.2) is 11.7 Å². The van der Waals surface area contributed by atoms with Crippen LogP contribution in [0.4, 0.5) is 15.8 Å². The van der Waals surface area contributed by atoms with E-state index in [0.717, 1.165) is 16.9 Å². The highest BCUT2D eigenvalue weighted by molar-refractivity contribution is 6.31. The number of hydrogen-bond acceptors (Lipinski definition) is 4. The Bertz CT molecular complexity index is 1100. The van der Waals surface area contributed by atoms with E-state index in [1.54, 1.807) is 19.4 Å². The molecule has 3 aromatic rings. The second-order valence-corrected chi connectivity index (χ2v) is 6.67. The van der Waals surface area contributed by atoms with E-state index < -0.39 is 11.9 Å². The first kappa shape index (κ1) is 18.0. The average Bonchev–Trinajstić information content (AvgIpc) is 3.24. The molecule has 2 heterocycles. The Balaban J connectivity index is 1.81. The van der Waals surface area contributed by atoms with Crippen molar-refractivity contribution in [1.29, 1.82) is 5.26 Å². The molecule has 0 aliphatic carbocycles. The van der Waals surface area contributed by atoms with Crippen LogP contribution in [0.1, 0.15) is 11.6 Å². The van der Waals surface area contributed by atoms with Gasteiger partial charge in [0.2, 0.25) is 0 Å². The molecule has 0 radical (unpaired) electrons. The lowest BCUT2D eigenvalue weighted by Gasteiger charge is -2.28. The molecular formula is C21H16ClFN4O. The number of nitriles is 1. The van der Waals surface area contributed by atoms with Crippen molar-refractivity contribution < 1.29 is 9.13 Å². The second kappa shape index (κ2) is 7.29. The number of nitrogens with zero attached hydrogens (tertiary/aromatic N) is 2. The van der Waals surface area contributed by atoms with Gasteiger partial charge in [0.05, 0.1) is 35.5 Å². The minimum atomic E-state index is -0.492. The van der Waals surface area contributed by atoms with Gasteiger partial charge in [-0.2, -0.15) is 5.26 Å². The van der Waals surface area contributed by atoms with E-state index in [1.165, 1.54) is 12.1 Å². The molecule has 28 heavy (non-hydrogen) atoms. The van der Waals surface area contributed by atoms with Crippen LogP contribution in [-0.2, 0) is 0 Å². The van der Waals surface area contributed by atoms with E-state index in [2.05, 4.69) is 16.7 Å². The highest BCUT2D eigenvalue weighted by Gasteiger charge is 2.26. The van der Waals surface area contributed by atoms with Crippen LogP contribution in [0, 0.1) is 17.1 Å². The lowest BCUT2D eigenvalue weighted by atomic mass is 9.94. The van der Waals surface area contributed by atoms with Gasteiger partial charge in [-0.3, -0.25) is 0 Å². The Morgan fingerprint density at radius 1 is 1.25 bits per heavy atom. The highest BCUT2D eigenvalue weighted by atomic mass is 35.5. The molecule has 0 saturated carbocycles. The van der Waals surface area contributed by atoms with Crippen molar-refractivity contribution in [1.82, 2.24) is 4.57 Å². The standard InChI is InChI=1S/C21H16ClFN4O/c1-28-20-10-18-15(9-19(20)27-6-2-3-7-27)21(13(11-24)12-25-18)26-14-4-5-17(23)16(22)8-14/h2-10,12,21,25-26H,1H3. The average molecular weight is 395 g/mol. The van der Waals surface area contributed by atoms with Crippen molar-refractivity contribution in [2.75, 3.05) is 17.7 Å². The third-order valence-electron chi connectivity index (χ3n) is 4.60. The highest BCUT2D eigenvalue weighted by Crippen LogP contribution is 2.40. The Morgan fingerprint density at radius 2 is 2.04 bits per heavy atom. The molecule has 0 fully saturated rings. The topological polar surface area (TPSA) is 62.0 Å². The number of aromatic nitrogens is 1. The molecule has 1 aliphatic rings. The molecule has 0 amide bonds. The number of hydrogen-bond donors (Lipinski definition) is 2. The number of ether oxygens (including phenoxy) is 1. The SMILES string of the molecule is COc1cc2c(cc1-n1cccc1)C(Nc1ccc(F)c(Cl)c1)C(C#N)=CN2. The molecule has 1 aliphatic heterocycles. The number of anilines is 2. The van der Waals surface area contributed by atoms with Crippen LogP contribution in [0.5, 0.6) is 5.75 Å². The predicted octanol–water partition coefficient (Wildman–Crippen LogP) is 5.26. The van der Waals surface area contributed by atoms with E-state index in [4.69, 9.17) is 16.3 Å². The monoisotopic (exact) mass is 394 g/mol. The van der Waals surface area contributed by atoms with Gasteiger partial charge in [-0.25, -0.2) is 4.39 Å². The fourth-order valence-electron chi connectivity index (χ4n) is 3.22. The predicted molar refractivity (Wildman–Crippen MR) is 107 cm³/mol. The van der Waals surface area contributed by atoms with Crippen molar-refractivity contribution in [2.24, 2.45) is 0 Å². The molecule has 2 N–H and O–H groups in total. The van der Waals surface area contributed by atoms with E-state index in [9.17, 15) is 9.65 Å². The minimum absolute atomic E-state index is 0.0180. The van der Waals surface area contributed by atoms with E-state index in [0.29, 0.717) is 17.0 Å². The summed E-state index contributed by atoms with van der Waals surface area (Å²) < 4.78 is 21.0. The van der Waals surface area contributed by atoms with Crippen LogP contribution in [0.3, 0.4) is 0 Å². The molecule has 1 unspecified atom stereocenters. The summed E-state index contributed by atoms with van der Waals surface area (Å²) in [7, 11) is 1.62. The Hall–Kier alpha value is -3.43. The zero-order valence-corrected chi connectivity index (χ0v) is 15.7. The molecule has 1 aromatic heterocycles. The van der Waals surface area contributed by atoms with Gasteiger partial charge >= 0.3 is 0 Å². The maximum absolute atomic E-state index is 13.5. The van der Waals surface area contributed by atoms with Crippen molar-refractivity contribution >= 4 is 23.0 Å². The van der Waals surface area contributed by atoms with Crippen molar-refractivity contribution in [2.45, 2.75) is 6.04 Å². The molecule has 7 heteroatoms. The number of benzene rings is 2. The normalized spacial score (nSPS) is 15.1. The van der Waals surface area contributed by atoms with Gasteiger partial charge in [0.1, 0.15) is 11.6 Å². The van der Waals surface area contributed by atoms with Crippen LogP contribution >= 0.6 is 11.6 Å². The van der Waals surface area contributed by atoms with Gasteiger partial charge < -0.3 is 19.9 Å². The first-order valence-electron chi connectivity index (χ1n) is 8.54. The van der Waals surface area contributed by atoms with Crippen LogP contribution in [0.2, 0.25) is 5.02 Å². The minimum Gasteiger partial charge on any atom is -0.494 e. The largest absolute Gasteiger partial charge is 0.494 e. The third kappa shape index (κ3) is 3.17. The number of methoxy groups -OCH3 is 1. The van der Waals surface area contributed by atoms with E-state index in [1.807, 2.05) is 41.2 Å². The van der Waals surface area contributed by atoms with Crippen LogP contribution in [0.25, 0.3) is 5.69 Å². The molecule has 4 rings (SSSR count). The summed E-state index contributed by atoms with van der Waals surface area (Å²) in [5, 5.41) is 16.1. The van der Waals surface area contributed by atoms with Gasteiger partial charge in [-0.05, 0) is 36.4 Å². The second-order valence-electron chi connectivity index (χ2n) is 6.26. The summed E-state index contributed by atoms with van der Waals surface area (Å²) >= 11 is 5.91. The summed E-state index contributed by atoms with van der Waals surface area (Å²) in [6.07, 6.45) is 5.49. The molecule has 0 bridgehead atoms. The molecule has 0 saturated heterocycles. The molecule has 1 atom stereocenters. The van der Waals surface area contributed by atoms with Crippen molar-refractivity contribution in [3.8, 4) is 17.5 Å². The van der Waals surface area contributed by atoms with Gasteiger partial charge in [-0.15, -0.1) is 0 Å². The number of nitrogens with one attached hydrogen (secondary N) is 2. The van der Waals surface area contributed by atoms with E-state index >= 15 is 0 Å². The molecule has 0 spiro atoms. The lowest BCUT2D eigenvalue weighted by molar-refractivity contribution is 0.413. The fraction of sp³-hybridized carbons (Fsp3) is 0.0952. The maximum atomic E-state index is 13.5. The van der Waals surface area contributed by atoms with Gasteiger partial charge in [-0.1, -0.05) is 11.6 Å². The van der Waals surface area contributed by atoms with Gasteiger partial charge in [0, 0.05) is 41.6 Å². The summed E-state index contributed by atoms with van der Waals surface area (Å²) in [5.74, 6) is 0.202. The number of rotatable bonds is 4.